The molecular formula is C33H39N5O5. The van der Waals surface area contributed by atoms with Crippen LogP contribution in [-0.2, 0) is 22.2 Å². The third kappa shape index (κ3) is 5.15. The van der Waals surface area contributed by atoms with E-state index in [1.54, 1.807) is 18.3 Å². The van der Waals surface area contributed by atoms with Crippen LogP contribution in [0.1, 0.15) is 80.2 Å². The highest BCUT2D eigenvalue weighted by atomic mass is 16.7. The zero-order valence-corrected chi connectivity index (χ0v) is 25.1. The quantitative estimate of drug-likeness (QED) is 0.390. The fourth-order valence-electron chi connectivity index (χ4n) is 6.93. The lowest BCUT2D eigenvalue weighted by molar-refractivity contribution is -0.185. The molecule has 3 fully saturated rings. The highest BCUT2D eigenvalue weighted by molar-refractivity contribution is 5.89. The van der Waals surface area contributed by atoms with Gasteiger partial charge in [-0.2, -0.15) is 0 Å². The molecule has 2 saturated heterocycles. The Morgan fingerprint density at radius 1 is 1.00 bits per heavy atom. The zero-order valence-electron chi connectivity index (χ0n) is 25.1. The average Bonchev–Trinajstić information content (AvgIpc) is 3.78. The number of fused-ring (bicyclic) bond motifs is 4. The molecule has 226 valence electrons. The Kier molecular flexibility index (Phi) is 6.91. The average molecular weight is 586 g/mol. The number of hydrogen-bond donors (Lipinski definition) is 0. The highest BCUT2D eigenvalue weighted by Crippen LogP contribution is 2.50. The normalized spacial score (nSPS) is 22.3. The number of carbonyl (C=O) groups is 2. The van der Waals surface area contributed by atoms with Gasteiger partial charge in [0.15, 0.2) is 5.60 Å². The number of aromatic nitrogens is 3. The summed E-state index contributed by atoms with van der Waals surface area (Å²) in [6.07, 6.45) is 6.70. The monoisotopic (exact) mass is 585 g/mol. The van der Waals surface area contributed by atoms with E-state index in [0.717, 1.165) is 54.3 Å². The standard InChI is InChI=1S/C33H39N5O5/c1-32(2)20-24(13-17-38(32)43-30(39)23-8-5-4-6-9-23)29-35-27-26-25(10-7-16-34-26)42-33(28(27)36(29)3)14-18-37(19-15-33)31(40)41-21-22-11-12-22/h4-10,16,22,24H,11-15,17-21H2,1-3H3. The molecule has 1 aromatic carbocycles. The molecule has 3 aliphatic heterocycles. The predicted octanol–water partition coefficient (Wildman–Crippen LogP) is 5.44. The van der Waals surface area contributed by atoms with Crippen molar-refractivity contribution in [1.82, 2.24) is 24.5 Å². The maximum absolute atomic E-state index is 12.8. The largest absolute Gasteiger partial charge is 0.478 e. The molecule has 0 radical (unpaired) electrons. The molecule has 5 heterocycles. The Morgan fingerprint density at radius 2 is 1.77 bits per heavy atom. The summed E-state index contributed by atoms with van der Waals surface area (Å²) in [5.74, 6) is 2.06. The first-order chi connectivity index (χ1) is 20.7. The van der Waals surface area contributed by atoms with Crippen molar-refractivity contribution in [2.75, 3.05) is 26.2 Å². The van der Waals surface area contributed by atoms with Gasteiger partial charge in [-0.25, -0.2) is 14.6 Å². The minimum Gasteiger partial charge on any atom is -0.478 e. The van der Waals surface area contributed by atoms with E-state index in [0.29, 0.717) is 50.6 Å². The molecular weight excluding hydrogens is 546 g/mol. The van der Waals surface area contributed by atoms with E-state index in [-0.39, 0.29) is 18.0 Å². The molecule has 0 N–H and O–H groups in total. The highest BCUT2D eigenvalue weighted by Gasteiger charge is 2.49. The topological polar surface area (TPSA) is 99.0 Å². The van der Waals surface area contributed by atoms with Crippen molar-refractivity contribution in [3.63, 3.8) is 0 Å². The van der Waals surface area contributed by atoms with Gasteiger partial charge in [-0.05, 0) is 69.7 Å². The Balaban J connectivity index is 1.13. The van der Waals surface area contributed by atoms with E-state index in [4.69, 9.17) is 19.3 Å². The lowest BCUT2D eigenvalue weighted by Crippen LogP contribution is -2.51. The SMILES string of the molecule is Cn1c(C2CCN(OC(=O)c3ccccc3)C(C)(C)C2)nc2c1C1(CCN(C(=O)OCC3CC3)CC1)Oc1cccnc1-2. The molecule has 0 bridgehead atoms. The number of rotatable bonds is 5. The molecule has 1 amide bonds. The van der Waals surface area contributed by atoms with Crippen molar-refractivity contribution in [3.8, 4) is 17.1 Å². The second-order valence-corrected chi connectivity index (χ2v) is 13.0. The number of benzene rings is 1. The Morgan fingerprint density at radius 3 is 2.49 bits per heavy atom. The van der Waals surface area contributed by atoms with Crippen molar-refractivity contribution in [1.29, 1.82) is 0 Å². The summed E-state index contributed by atoms with van der Waals surface area (Å²) >= 11 is 0. The first-order valence-electron chi connectivity index (χ1n) is 15.4. The van der Waals surface area contributed by atoms with Crippen LogP contribution in [-0.4, -0.2) is 68.3 Å². The molecule has 3 aromatic rings. The summed E-state index contributed by atoms with van der Waals surface area (Å²) in [5, 5.41) is 1.82. The van der Waals surface area contributed by atoms with Crippen molar-refractivity contribution in [2.24, 2.45) is 13.0 Å². The number of carbonyl (C=O) groups excluding carboxylic acids is 2. The van der Waals surface area contributed by atoms with Crippen LogP contribution < -0.4 is 4.74 Å². The van der Waals surface area contributed by atoms with Gasteiger partial charge in [-0.1, -0.05) is 18.2 Å². The first-order valence-corrected chi connectivity index (χ1v) is 15.4. The number of nitrogens with zero attached hydrogens (tertiary/aromatic N) is 5. The summed E-state index contributed by atoms with van der Waals surface area (Å²) in [6, 6.07) is 12.9. The van der Waals surface area contributed by atoms with E-state index >= 15 is 0 Å². The van der Waals surface area contributed by atoms with Crippen LogP contribution in [0, 0.1) is 5.92 Å². The number of amides is 1. The number of ether oxygens (including phenoxy) is 2. The van der Waals surface area contributed by atoms with Crippen LogP contribution in [0.3, 0.4) is 0 Å². The van der Waals surface area contributed by atoms with Crippen molar-refractivity contribution >= 4 is 12.1 Å². The van der Waals surface area contributed by atoms with Crippen molar-refractivity contribution in [2.45, 2.75) is 69.4 Å². The zero-order chi connectivity index (χ0) is 29.8. The van der Waals surface area contributed by atoms with Gasteiger partial charge in [0.1, 0.15) is 23.0 Å². The van der Waals surface area contributed by atoms with E-state index in [2.05, 4.69) is 30.4 Å². The number of hydroxylamine groups is 2. The molecule has 1 atom stereocenters. The van der Waals surface area contributed by atoms with Gasteiger partial charge in [0.25, 0.3) is 0 Å². The maximum Gasteiger partial charge on any atom is 0.409 e. The fourth-order valence-corrected chi connectivity index (χ4v) is 6.93. The van der Waals surface area contributed by atoms with Gasteiger partial charge in [0.2, 0.25) is 0 Å². The molecule has 1 saturated carbocycles. The number of pyridine rings is 1. The molecule has 10 heteroatoms. The molecule has 7 rings (SSSR count). The van der Waals surface area contributed by atoms with Crippen LogP contribution in [0.15, 0.2) is 48.7 Å². The second kappa shape index (κ2) is 10.7. The lowest BCUT2D eigenvalue weighted by Gasteiger charge is -2.44. The summed E-state index contributed by atoms with van der Waals surface area (Å²) in [6.45, 7) is 6.45. The van der Waals surface area contributed by atoms with Gasteiger partial charge in [0, 0.05) is 51.6 Å². The smallest absolute Gasteiger partial charge is 0.409 e. The van der Waals surface area contributed by atoms with E-state index < -0.39 is 11.1 Å². The van der Waals surface area contributed by atoms with E-state index in [1.807, 2.05) is 40.3 Å². The lowest BCUT2D eigenvalue weighted by atomic mass is 9.83. The minimum absolute atomic E-state index is 0.152. The van der Waals surface area contributed by atoms with Gasteiger partial charge in [-0.3, -0.25) is 4.98 Å². The van der Waals surface area contributed by atoms with Crippen molar-refractivity contribution in [3.05, 3.63) is 65.7 Å². The number of hydrogen-bond acceptors (Lipinski definition) is 8. The number of imidazole rings is 1. The second-order valence-electron chi connectivity index (χ2n) is 13.0. The van der Waals surface area contributed by atoms with Crippen LogP contribution in [0.4, 0.5) is 4.79 Å². The molecule has 1 aliphatic carbocycles. The molecule has 1 spiro atoms. The molecule has 1 unspecified atom stereocenters. The van der Waals surface area contributed by atoms with Crippen LogP contribution >= 0.6 is 0 Å². The fraction of sp³-hybridized carbons (Fsp3) is 0.515. The van der Waals surface area contributed by atoms with Crippen LogP contribution in [0.25, 0.3) is 11.4 Å². The first kappa shape index (κ1) is 27.9. The van der Waals surface area contributed by atoms with E-state index in [9.17, 15) is 9.59 Å². The van der Waals surface area contributed by atoms with Crippen LogP contribution in [0.2, 0.25) is 0 Å². The van der Waals surface area contributed by atoms with Gasteiger partial charge in [-0.15, -0.1) is 5.06 Å². The Labute approximate surface area is 251 Å². The van der Waals surface area contributed by atoms with Crippen LogP contribution in [0.5, 0.6) is 5.75 Å². The Bertz CT molecular complexity index is 1520. The van der Waals surface area contributed by atoms with Crippen molar-refractivity contribution < 1.29 is 23.9 Å². The maximum atomic E-state index is 12.8. The molecule has 4 aliphatic rings. The number of piperidine rings is 2. The Hall–Kier alpha value is -3.92. The summed E-state index contributed by atoms with van der Waals surface area (Å²) in [7, 11) is 2.07. The number of likely N-dealkylation sites (tertiary alicyclic amines) is 1. The molecule has 43 heavy (non-hydrogen) atoms. The van der Waals surface area contributed by atoms with E-state index in [1.165, 1.54) is 0 Å². The summed E-state index contributed by atoms with van der Waals surface area (Å²) in [4.78, 5) is 43.2. The van der Waals surface area contributed by atoms with Gasteiger partial charge >= 0.3 is 12.1 Å². The molecule has 10 nitrogen and oxygen atoms in total. The molecule has 2 aromatic heterocycles. The minimum atomic E-state index is -0.611. The summed E-state index contributed by atoms with van der Waals surface area (Å²) < 4.78 is 14.6. The third-order valence-electron chi connectivity index (χ3n) is 9.50. The third-order valence-corrected chi connectivity index (χ3v) is 9.50. The predicted molar refractivity (Wildman–Crippen MR) is 158 cm³/mol. The van der Waals surface area contributed by atoms with Gasteiger partial charge < -0.3 is 23.8 Å². The summed E-state index contributed by atoms with van der Waals surface area (Å²) in [5.41, 5.74) is 2.17. The van der Waals surface area contributed by atoms with Gasteiger partial charge in [0.05, 0.1) is 23.4 Å².